The van der Waals surface area contributed by atoms with E-state index in [2.05, 4.69) is 5.10 Å². The lowest BCUT2D eigenvalue weighted by molar-refractivity contribution is 0.626. The summed E-state index contributed by atoms with van der Waals surface area (Å²) in [5.41, 5.74) is 2.83. The number of halogens is 1. The molecule has 0 spiro atoms. The molecule has 0 fully saturated rings. The number of aryl methyl sites for hydroxylation is 1. The van der Waals surface area contributed by atoms with Crippen LogP contribution in [0.1, 0.15) is 16.7 Å². The Kier molecular flexibility index (Phi) is 4.36. The molecule has 0 aliphatic heterocycles. The van der Waals surface area contributed by atoms with E-state index in [4.69, 9.17) is 0 Å². The predicted molar refractivity (Wildman–Crippen MR) is 115 cm³/mol. The Balaban J connectivity index is 1.72. The van der Waals surface area contributed by atoms with Gasteiger partial charge in [0.2, 0.25) is 5.78 Å². The van der Waals surface area contributed by atoms with E-state index in [0.717, 1.165) is 16.7 Å². The summed E-state index contributed by atoms with van der Waals surface area (Å²) in [5.74, 6) is -0.0727. The summed E-state index contributed by atoms with van der Waals surface area (Å²) >= 11 is 1.29. The number of rotatable bonds is 4. The highest BCUT2D eigenvalue weighted by molar-refractivity contribution is 7.17. The van der Waals surface area contributed by atoms with Crippen LogP contribution in [0.2, 0.25) is 0 Å². The highest BCUT2D eigenvalue weighted by Crippen LogP contribution is 2.18. The van der Waals surface area contributed by atoms with Crippen LogP contribution in [0.25, 0.3) is 16.0 Å². The third-order valence-electron chi connectivity index (χ3n) is 5.06. The van der Waals surface area contributed by atoms with Gasteiger partial charge in [0.1, 0.15) is 10.5 Å². The zero-order valence-corrected chi connectivity index (χ0v) is 16.9. The molecule has 0 N–H and O–H groups in total. The summed E-state index contributed by atoms with van der Waals surface area (Å²) in [6, 6.07) is 15.6. The zero-order valence-electron chi connectivity index (χ0n) is 16.1. The molecular formula is C22H17FN4O2S. The van der Waals surface area contributed by atoms with Crippen LogP contribution in [0.4, 0.5) is 4.39 Å². The van der Waals surface area contributed by atoms with Crippen molar-refractivity contribution in [1.29, 1.82) is 0 Å². The molecule has 5 rings (SSSR count). The van der Waals surface area contributed by atoms with E-state index in [0.29, 0.717) is 16.8 Å². The van der Waals surface area contributed by atoms with Crippen LogP contribution in [0.15, 0.2) is 69.6 Å². The quantitative estimate of drug-likeness (QED) is 0.448. The van der Waals surface area contributed by atoms with Gasteiger partial charge in [-0.15, -0.1) is 16.4 Å². The average molecular weight is 420 g/mol. The number of thiophene rings is 1. The molecule has 0 saturated heterocycles. The highest BCUT2D eigenvalue weighted by atomic mass is 32.1. The van der Waals surface area contributed by atoms with Crippen LogP contribution in [-0.2, 0) is 13.1 Å². The molecule has 150 valence electrons. The van der Waals surface area contributed by atoms with Crippen molar-refractivity contribution in [3.63, 3.8) is 0 Å². The van der Waals surface area contributed by atoms with E-state index in [9.17, 15) is 14.0 Å². The van der Waals surface area contributed by atoms with Crippen LogP contribution in [0.3, 0.4) is 0 Å². The average Bonchev–Trinajstić information content (AvgIpc) is 3.32. The zero-order chi connectivity index (χ0) is 20.8. The SMILES string of the molecule is Cc1cccc(Cn2nc3n(Cc4ccc(F)cc4)c(=O)c4sccc4n3c2=O)c1. The maximum Gasteiger partial charge on any atom is 0.352 e. The topological polar surface area (TPSA) is 61.3 Å². The number of hydrogen-bond donors (Lipinski definition) is 0. The Morgan fingerprint density at radius 3 is 2.57 bits per heavy atom. The lowest BCUT2D eigenvalue weighted by Gasteiger charge is -2.08. The van der Waals surface area contributed by atoms with Crippen molar-refractivity contribution in [2.45, 2.75) is 20.0 Å². The van der Waals surface area contributed by atoms with Crippen molar-refractivity contribution < 1.29 is 4.39 Å². The first-order valence-corrected chi connectivity index (χ1v) is 10.3. The molecule has 3 aromatic heterocycles. The second-order valence-electron chi connectivity index (χ2n) is 7.22. The Morgan fingerprint density at radius 1 is 1.00 bits per heavy atom. The van der Waals surface area contributed by atoms with Crippen LogP contribution >= 0.6 is 11.3 Å². The number of nitrogens with zero attached hydrogens (tertiary/aromatic N) is 4. The minimum absolute atomic E-state index is 0.192. The minimum atomic E-state index is -0.344. The summed E-state index contributed by atoms with van der Waals surface area (Å²) in [6.45, 7) is 2.49. The van der Waals surface area contributed by atoms with E-state index in [1.807, 2.05) is 31.2 Å². The van der Waals surface area contributed by atoms with E-state index >= 15 is 0 Å². The molecule has 0 aliphatic carbocycles. The van der Waals surface area contributed by atoms with Crippen molar-refractivity contribution in [3.05, 3.63) is 103 Å². The van der Waals surface area contributed by atoms with Gasteiger partial charge in [-0.05, 0) is 41.6 Å². The molecule has 6 nitrogen and oxygen atoms in total. The number of aromatic nitrogens is 4. The van der Waals surface area contributed by atoms with Crippen LogP contribution in [-0.4, -0.2) is 18.7 Å². The molecule has 0 radical (unpaired) electrons. The molecule has 8 heteroatoms. The summed E-state index contributed by atoms with van der Waals surface area (Å²) in [4.78, 5) is 26.3. The molecule has 2 aromatic carbocycles. The smallest absolute Gasteiger partial charge is 0.271 e. The minimum Gasteiger partial charge on any atom is -0.271 e. The van der Waals surface area contributed by atoms with Gasteiger partial charge in [-0.25, -0.2) is 18.3 Å². The Bertz CT molecular complexity index is 1510. The van der Waals surface area contributed by atoms with E-state index < -0.39 is 0 Å². The highest BCUT2D eigenvalue weighted by Gasteiger charge is 2.18. The van der Waals surface area contributed by atoms with Crippen LogP contribution in [0, 0.1) is 12.7 Å². The molecular weight excluding hydrogens is 403 g/mol. The molecule has 0 saturated carbocycles. The molecule has 0 bridgehead atoms. The number of fused-ring (bicyclic) bond motifs is 3. The lowest BCUT2D eigenvalue weighted by Crippen LogP contribution is -2.26. The van der Waals surface area contributed by atoms with Crippen molar-refractivity contribution in [2.24, 2.45) is 0 Å². The summed E-state index contributed by atoms with van der Waals surface area (Å²) in [7, 11) is 0. The fourth-order valence-electron chi connectivity index (χ4n) is 3.64. The van der Waals surface area contributed by atoms with Crippen molar-refractivity contribution in [1.82, 2.24) is 18.7 Å². The largest absolute Gasteiger partial charge is 0.352 e. The Labute approximate surface area is 174 Å². The number of benzene rings is 2. The molecule has 3 heterocycles. The molecule has 0 atom stereocenters. The van der Waals surface area contributed by atoms with E-state index in [1.54, 1.807) is 23.6 Å². The van der Waals surface area contributed by atoms with E-state index in [-0.39, 0.29) is 29.4 Å². The predicted octanol–water partition coefficient (Wildman–Crippen LogP) is 3.42. The normalized spacial score (nSPS) is 11.5. The van der Waals surface area contributed by atoms with Gasteiger partial charge in [0.25, 0.3) is 5.56 Å². The van der Waals surface area contributed by atoms with Gasteiger partial charge in [0.15, 0.2) is 0 Å². The third-order valence-corrected chi connectivity index (χ3v) is 5.95. The first-order chi connectivity index (χ1) is 14.5. The second kappa shape index (κ2) is 7.07. The molecule has 5 aromatic rings. The van der Waals surface area contributed by atoms with Gasteiger partial charge in [0.05, 0.1) is 18.6 Å². The number of hydrogen-bond acceptors (Lipinski definition) is 4. The summed E-state index contributed by atoms with van der Waals surface area (Å²) in [5, 5.41) is 6.29. The van der Waals surface area contributed by atoms with Gasteiger partial charge >= 0.3 is 5.69 Å². The summed E-state index contributed by atoms with van der Waals surface area (Å²) in [6.07, 6.45) is 0. The lowest BCUT2D eigenvalue weighted by atomic mass is 10.1. The van der Waals surface area contributed by atoms with Crippen molar-refractivity contribution in [2.75, 3.05) is 0 Å². The van der Waals surface area contributed by atoms with Gasteiger partial charge in [-0.3, -0.25) is 9.36 Å². The van der Waals surface area contributed by atoms with Gasteiger partial charge in [-0.1, -0.05) is 42.0 Å². The van der Waals surface area contributed by atoms with Crippen LogP contribution in [0.5, 0.6) is 0 Å². The standard InChI is InChI=1S/C22H17FN4O2S/c1-14-3-2-4-16(11-14)13-26-22(29)27-18-9-10-30-19(18)20(28)25(21(27)24-26)12-15-5-7-17(23)8-6-15/h2-11H,12-13H2,1H3. The third kappa shape index (κ3) is 3.05. The molecule has 30 heavy (non-hydrogen) atoms. The fourth-order valence-corrected chi connectivity index (χ4v) is 4.46. The van der Waals surface area contributed by atoms with Gasteiger partial charge in [-0.2, -0.15) is 0 Å². The Hall–Kier alpha value is -3.52. The maximum absolute atomic E-state index is 13.3. The maximum atomic E-state index is 13.3. The first-order valence-electron chi connectivity index (χ1n) is 9.41. The van der Waals surface area contributed by atoms with Crippen molar-refractivity contribution in [3.8, 4) is 0 Å². The second-order valence-corrected chi connectivity index (χ2v) is 8.13. The summed E-state index contributed by atoms with van der Waals surface area (Å²) < 4.78 is 18.1. The van der Waals surface area contributed by atoms with Crippen molar-refractivity contribution >= 4 is 27.3 Å². The molecule has 0 aliphatic rings. The van der Waals surface area contributed by atoms with Crippen LogP contribution < -0.4 is 11.2 Å². The van der Waals surface area contributed by atoms with Gasteiger partial charge < -0.3 is 0 Å². The van der Waals surface area contributed by atoms with Gasteiger partial charge in [0, 0.05) is 0 Å². The molecule has 0 amide bonds. The first kappa shape index (κ1) is 18.5. The fraction of sp³-hybridized carbons (Fsp3) is 0.136. The Morgan fingerprint density at radius 2 is 1.80 bits per heavy atom. The monoisotopic (exact) mass is 420 g/mol. The molecule has 0 unspecified atom stereocenters. The van der Waals surface area contributed by atoms with E-state index in [1.165, 1.54) is 37.1 Å².